The van der Waals surface area contributed by atoms with E-state index in [4.69, 9.17) is 34.0 Å². The maximum absolute atomic E-state index is 9.10. The quantitative estimate of drug-likeness (QED) is 0.761. The Morgan fingerprint density at radius 3 is 1.69 bits per heavy atom. The smallest absolute Gasteiger partial charge is 0.414 e. The number of hydrogen-bond acceptors (Lipinski definition) is 6. The van der Waals surface area contributed by atoms with E-state index in [9.17, 15) is 0 Å². The Morgan fingerprint density at radius 1 is 0.885 bits per heavy atom. The molecule has 0 unspecified atom stereocenters. The minimum Gasteiger partial charge on any atom is -0.493 e. The highest BCUT2D eigenvalue weighted by Gasteiger charge is 2.15. The number of methoxy groups -OCH3 is 3. The van der Waals surface area contributed by atoms with Gasteiger partial charge in [-0.1, -0.05) is 12.8 Å². The van der Waals surface area contributed by atoms with E-state index in [1.165, 1.54) is 44.3 Å². The Hall–Kier alpha value is -2.48. The van der Waals surface area contributed by atoms with Crippen LogP contribution in [0.1, 0.15) is 31.2 Å². The Kier molecular flexibility index (Phi) is 9.29. The number of hydrogen-bond donors (Lipinski definition) is 2. The lowest BCUT2D eigenvalue weighted by atomic mass is 10.1. The molecule has 2 N–H and O–H groups in total. The van der Waals surface area contributed by atoms with Crippen LogP contribution in [-0.2, 0) is 16.1 Å². The van der Waals surface area contributed by atoms with Crippen molar-refractivity contribution < 1.29 is 34.0 Å². The first-order valence-corrected chi connectivity index (χ1v) is 8.40. The fraction of sp³-hybridized carbons (Fsp3) is 0.556. The highest BCUT2D eigenvalue weighted by atomic mass is 16.5. The molecule has 8 heteroatoms. The lowest BCUT2D eigenvalue weighted by Gasteiger charge is -2.21. The van der Waals surface area contributed by atoms with Crippen LogP contribution in [0.15, 0.2) is 12.1 Å². The normalized spacial score (nSPS) is 14.4. The lowest BCUT2D eigenvalue weighted by molar-refractivity contribution is -0.159. The molecule has 2 rings (SSSR count). The average Bonchev–Trinajstić information content (AvgIpc) is 2.89. The highest BCUT2D eigenvalue weighted by molar-refractivity contribution is 6.27. The molecule has 8 nitrogen and oxygen atoms in total. The van der Waals surface area contributed by atoms with Crippen molar-refractivity contribution in [3.63, 3.8) is 0 Å². The molecule has 0 bridgehead atoms. The molecule has 26 heavy (non-hydrogen) atoms. The number of nitrogens with zero attached hydrogens (tertiary/aromatic N) is 1. The molecule has 1 saturated heterocycles. The summed E-state index contributed by atoms with van der Waals surface area (Å²) in [5.74, 6) is -1.52. The van der Waals surface area contributed by atoms with Crippen molar-refractivity contribution in [3.05, 3.63) is 17.7 Å². The number of rotatable bonds is 5. The second kappa shape index (κ2) is 11.2. The molecule has 1 aromatic carbocycles. The molecular weight excluding hydrogens is 342 g/mol. The van der Waals surface area contributed by atoms with Crippen molar-refractivity contribution in [2.75, 3.05) is 34.4 Å². The molecule has 0 spiro atoms. The minimum atomic E-state index is -1.82. The van der Waals surface area contributed by atoms with E-state index in [-0.39, 0.29) is 0 Å². The van der Waals surface area contributed by atoms with Gasteiger partial charge in [0.05, 0.1) is 21.3 Å². The van der Waals surface area contributed by atoms with Crippen LogP contribution >= 0.6 is 0 Å². The minimum absolute atomic E-state index is 0.662. The summed E-state index contributed by atoms with van der Waals surface area (Å²) in [6.45, 7) is 3.30. The molecule has 146 valence electrons. The van der Waals surface area contributed by atoms with Gasteiger partial charge < -0.3 is 24.4 Å². The van der Waals surface area contributed by atoms with Crippen molar-refractivity contribution in [2.45, 2.75) is 32.2 Å². The van der Waals surface area contributed by atoms with E-state index in [2.05, 4.69) is 4.90 Å². The first kappa shape index (κ1) is 21.6. The van der Waals surface area contributed by atoms with Gasteiger partial charge in [-0.3, -0.25) is 4.90 Å². The van der Waals surface area contributed by atoms with E-state index in [1.807, 2.05) is 12.1 Å². The number of benzene rings is 1. The topological polar surface area (TPSA) is 106 Å². The standard InChI is InChI=1S/C16H25NO3.C2H2O4/c1-18-14-10-13(11-15(19-2)16(14)20-3)12-17-8-6-4-5-7-9-17;3-1(4)2(5)6/h10-11H,4-9,12H2,1-3H3;(H,3,4)(H,5,6). The summed E-state index contributed by atoms with van der Waals surface area (Å²) in [5.41, 5.74) is 1.21. The summed E-state index contributed by atoms with van der Waals surface area (Å²) >= 11 is 0. The molecule has 1 aliphatic rings. The second-order valence-corrected chi connectivity index (χ2v) is 5.83. The zero-order valence-corrected chi connectivity index (χ0v) is 15.5. The molecule has 1 aromatic rings. The fourth-order valence-electron chi connectivity index (χ4n) is 2.78. The van der Waals surface area contributed by atoms with Gasteiger partial charge in [0.15, 0.2) is 11.5 Å². The third-order valence-electron chi connectivity index (χ3n) is 4.01. The monoisotopic (exact) mass is 369 g/mol. The Labute approximate surface area is 153 Å². The predicted molar refractivity (Wildman–Crippen MR) is 95.1 cm³/mol. The van der Waals surface area contributed by atoms with Gasteiger partial charge in [-0.25, -0.2) is 9.59 Å². The van der Waals surface area contributed by atoms with Crippen molar-refractivity contribution >= 4 is 11.9 Å². The van der Waals surface area contributed by atoms with Crippen LogP contribution in [0.25, 0.3) is 0 Å². The van der Waals surface area contributed by atoms with Crippen molar-refractivity contribution in [1.29, 1.82) is 0 Å². The Bertz CT molecular complexity index is 558. The number of carboxylic acids is 2. The molecule has 1 aliphatic heterocycles. The summed E-state index contributed by atoms with van der Waals surface area (Å²) in [5, 5.41) is 14.8. The van der Waals surface area contributed by atoms with Gasteiger partial charge in [0.1, 0.15) is 0 Å². The molecule has 0 aliphatic carbocycles. The van der Waals surface area contributed by atoms with E-state index < -0.39 is 11.9 Å². The lowest BCUT2D eigenvalue weighted by Crippen LogP contribution is -2.24. The van der Waals surface area contributed by atoms with Crippen LogP contribution in [0.2, 0.25) is 0 Å². The third kappa shape index (κ3) is 6.79. The Morgan fingerprint density at radius 2 is 1.35 bits per heavy atom. The van der Waals surface area contributed by atoms with Crippen LogP contribution in [0.4, 0.5) is 0 Å². The number of carbonyl (C=O) groups is 2. The molecule has 0 aromatic heterocycles. The van der Waals surface area contributed by atoms with Crippen LogP contribution in [0.3, 0.4) is 0 Å². The predicted octanol–water partition coefficient (Wildman–Crippen LogP) is 2.24. The van der Waals surface area contributed by atoms with Gasteiger partial charge in [-0.05, 0) is 43.6 Å². The summed E-state index contributed by atoms with van der Waals surface area (Å²) in [7, 11) is 4.95. The summed E-state index contributed by atoms with van der Waals surface area (Å²) in [4.78, 5) is 20.7. The van der Waals surface area contributed by atoms with Crippen molar-refractivity contribution in [1.82, 2.24) is 4.90 Å². The first-order chi connectivity index (χ1) is 12.4. The maximum Gasteiger partial charge on any atom is 0.414 e. The Balaban J connectivity index is 0.000000487. The maximum atomic E-state index is 9.10. The number of aliphatic carboxylic acids is 2. The summed E-state index contributed by atoms with van der Waals surface area (Å²) in [6.07, 6.45) is 5.30. The second-order valence-electron chi connectivity index (χ2n) is 5.83. The fourth-order valence-corrected chi connectivity index (χ4v) is 2.78. The van der Waals surface area contributed by atoms with Crippen LogP contribution in [0, 0.1) is 0 Å². The average molecular weight is 369 g/mol. The van der Waals surface area contributed by atoms with E-state index in [0.29, 0.717) is 5.75 Å². The highest BCUT2D eigenvalue weighted by Crippen LogP contribution is 2.38. The van der Waals surface area contributed by atoms with E-state index in [1.54, 1.807) is 21.3 Å². The largest absolute Gasteiger partial charge is 0.493 e. The van der Waals surface area contributed by atoms with Gasteiger partial charge in [0, 0.05) is 6.54 Å². The van der Waals surface area contributed by atoms with E-state index >= 15 is 0 Å². The number of likely N-dealkylation sites (tertiary alicyclic amines) is 1. The first-order valence-electron chi connectivity index (χ1n) is 8.40. The zero-order valence-electron chi connectivity index (χ0n) is 15.5. The van der Waals surface area contributed by atoms with Crippen LogP contribution in [0.5, 0.6) is 17.2 Å². The number of ether oxygens (including phenoxy) is 3. The van der Waals surface area contributed by atoms with Gasteiger partial charge in [0.25, 0.3) is 0 Å². The van der Waals surface area contributed by atoms with Crippen molar-refractivity contribution in [2.24, 2.45) is 0 Å². The van der Waals surface area contributed by atoms with Crippen LogP contribution in [-0.4, -0.2) is 61.5 Å². The summed E-state index contributed by atoms with van der Waals surface area (Å²) in [6, 6.07) is 4.10. The molecular formula is C18H27NO7. The number of carboxylic acid groups (broad SMARTS) is 2. The molecule has 1 fully saturated rings. The SMILES string of the molecule is COc1cc(CN2CCCCCC2)cc(OC)c1OC.O=C(O)C(=O)O. The molecule has 0 amide bonds. The third-order valence-corrected chi connectivity index (χ3v) is 4.01. The molecule has 1 heterocycles. The van der Waals surface area contributed by atoms with E-state index in [0.717, 1.165) is 18.0 Å². The van der Waals surface area contributed by atoms with Crippen molar-refractivity contribution in [3.8, 4) is 17.2 Å². The summed E-state index contributed by atoms with van der Waals surface area (Å²) < 4.78 is 16.2. The van der Waals surface area contributed by atoms with Gasteiger partial charge >= 0.3 is 11.9 Å². The molecule has 0 radical (unpaired) electrons. The molecule has 0 saturated carbocycles. The van der Waals surface area contributed by atoms with Gasteiger partial charge in [-0.2, -0.15) is 0 Å². The zero-order chi connectivity index (χ0) is 19.5. The van der Waals surface area contributed by atoms with Gasteiger partial charge in [0.2, 0.25) is 5.75 Å². The van der Waals surface area contributed by atoms with Crippen LogP contribution < -0.4 is 14.2 Å². The van der Waals surface area contributed by atoms with Gasteiger partial charge in [-0.15, -0.1) is 0 Å². The molecule has 0 atom stereocenters.